The summed E-state index contributed by atoms with van der Waals surface area (Å²) in [7, 11) is 0. The molecule has 1 atom stereocenters. The second-order valence-electron chi connectivity index (χ2n) is 5.20. The van der Waals surface area contributed by atoms with Crippen LogP contribution in [0, 0.1) is 0 Å². The molecule has 2 heterocycles. The Kier molecular flexibility index (Phi) is 4.29. The minimum atomic E-state index is -0.321. The number of ether oxygens (including phenoxy) is 1. The van der Waals surface area contributed by atoms with Gasteiger partial charge in [0, 0.05) is 18.7 Å². The molecule has 1 fully saturated rings. The second-order valence-corrected chi connectivity index (χ2v) is 5.20. The summed E-state index contributed by atoms with van der Waals surface area (Å²) < 4.78 is 5.48. The van der Waals surface area contributed by atoms with Gasteiger partial charge in [-0.15, -0.1) is 0 Å². The van der Waals surface area contributed by atoms with Gasteiger partial charge in [0.25, 0.3) is 5.91 Å². The van der Waals surface area contributed by atoms with E-state index in [9.17, 15) is 4.79 Å². The predicted octanol–water partition coefficient (Wildman–Crippen LogP) is 1.63. The van der Waals surface area contributed by atoms with Crippen LogP contribution in [0.15, 0.2) is 36.5 Å². The Morgan fingerprint density at radius 3 is 2.91 bits per heavy atom. The number of carbonyl (C=O) groups is 1. The maximum Gasteiger partial charge on any atom is 0.273 e. The summed E-state index contributed by atoms with van der Waals surface area (Å²) in [6.45, 7) is 1.22. The predicted molar refractivity (Wildman–Crippen MR) is 83.2 cm³/mol. The Bertz CT molecular complexity index is 654. The largest absolute Gasteiger partial charge is 0.382 e. The van der Waals surface area contributed by atoms with E-state index in [1.54, 1.807) is 6.20 Å². The number of aromatic nitrogens is 2. The van der Waals surface area contributed by atoms with Gasteiger partial charge < -0.3 is 15.8 Å². The first kappa shape index (κ1) is 14.5. The first-order valence-corrected chi connectivity index (χ1v) is 7.32. The molecule has 114 valence electrons. The number of nitrogens with one attached hydrogen (secondary N) is 1. The van der Waals surface area contributed by atoms with E-state index >= 15 is 0 Å². The molecule has 0 aliphatic carbocycles. The summed E-state index contributed by atoms with van der Waals surface area (Å²) in [5.74, 6) is -0.192. The molecule has 1 aromatic heterocycles. The molecule has 1 saturated heterocycles. The van der Waals surface area contributed by atoms with Gasteiger partial charge in [0.05, 0.1) is 18.0 Å². The number of hydrogen-bond acceptors (Lipinski definition) is 5. The van der Waals surface area contributed by atoms with Crippen molar-refractivity contribution in [3.05, 3.63) is 42.2 Å². The second kappa shape index (κ2) is 6.53. The van der Waals surface area contributed by atoms with E-state index in [2.05, 4.69) is 15.3 Å². The molecule has 3 rings (SSSR count). The molecule has 1 aliphatic heterocycles. The van der Waals surface area contributed by atoms with Crippen LogP contribution in [0.3, 0.4) is 0 Å². The molecule has 1 amide bonds. The highest BCUT2D eigenvalue weighted by Gasteiger charge is 2.19. The first-order valence-electron chi connectivity index (χ1n) is 7.32. The Morgan fingerprint density at radius 2 is 2.18 bits per heavy atom. The van der Waals surface area contributed by atoms with Crippen LogP contribution in [0.5, 0.6) is 0 Å². The first-order chi connectivity index (χ1) is 10.7. The van der Waals surface area contributed by atoms with Crippen LogP contribution >= 0.6 is 0 Å². The van der Waals surface area contributed by atoms with Gasteiger partial charge in [-0.3, -0.25) is 4.79 Å². The Labute approximate surface area is 128 Å². The number of rotatable bonds is 4. The zero-order chi connectivity index (χ0) is 15.4. The average Bonchev–Trinajstić information content (AvgIpc) is 3.07. The minimum Gasteiger partial charge on any atom is -0.382 e. The molecule has 0 saturated carbocycles. The molecule has 3 N–H and O–H groups in total. The number of nitrogen functional groups attached to an aromatic ring is 1. The quantitative estimate of drug-likeness (QED) is 0.895. The molecule has 1 unspecified atom stereocenters. The fourth-order valence-electron chi connectivity index (χ4n) is 2.41. The lowest BCUT2D eigenvalue weighted by Crippen LogP contribution is -2.33. The van der Waals surface area contributed by atoms with Crippen molar-refractivity contribution in [3.8, 4) is 11.3 Å². The SMILES string of the molecule is Nc1ncc(-c2ccccc2)nc1C(=O)NCC1CCCO1. The monoisotopic (exact) mass is 298 g/mol. The topological polar surface area (TPSA) is 90.1 Å². The minimum absolute atomic E-state index is 0.0791. The molecule has 6 heteroatoms. The molecule has 0 radical (unpaired) electrons. The van der Waals surface area contributed by atoms with Gasteiger partial charge in [-0.1, -0.05) is 30.3 Å². The standard InChI is InChI=1S/C16H18N4O2/c17-15-14(16(21)19-9-12-7-4-8-22-12)20-13(10-18-15)11-5-2-1-3-6-11/h1-3,5-6,10,12H,4,7-9H2,(H2,17,18)(H,19,21). The van der Waals surface area contributed by atoms with Crippen LogP contribution in [0.2, 0.25) is 0 Å². The van der Waals surface area contributed by atoms with E-state index in [-0.39, 0.29) is 23.5 Å². The average molecular weight is 298 g/mol. The van der Waals surface area contributed by atoms with Crippen LogP contribution in [0.4, 0.5) is 5.82 Å². The van der Waals surface area contributed by atoms with Gasteiger partial charge in [0.15, 0.2) is 11.5 Å². The summed E-state index contributed by atoms with van der Waals surface area (Å²) in [5.41, 5.74) is 7.45. The molecule has 1 aliphatic rings. The van der Waals surface area contributed by atoms with Crippen molar-refractivity contribution in [2.45, 2.75) is 18.9 Å². The molecular formula is C16H18N4O2. The zero-order valence-electron chi connectivity index (χ0n) is 12.2. The number of nitrogens with zero attached hydrogens (tertiary/aromatic N) is 2. The number of hydrogen-bond donors (Lipinski definition) is 2. The molecule has 1 aromatic carbocycles. The van der Waals surface area contributed by atoms with Gasteiger partial charge >= 0.3 is 0 Å². The van der Waals surface area contributed by atoms with Crippen LogP contribution in [0.1, 0.15) is 23.3 Å². The Hall–Kier alpha value is -2.47. The number of benzene rings is 1. The van der Waals surface area contributed by atoms with E-state index < -0.39 is 0 Å². The normalized spacial score (nSPS) is 17.4. The fraction of sp³-hybridized carbons (Fsp3) is 0.312. The van der Waals surface area contributed by atoms with Crippen molar-refractivity contribution in [2.75, 3.05) is 18.9 Å². The smallest absolute Gasteiger partial charge is 0.273 e. The molecular weight excluding hydrogens is 280 g/mol. The summed E-state index contributed by atoms with van der Waals surface area (Å²) in [5, 5.41) is 2.81. The summed E-state index contributed by atoms with van der Waals surface area (Å²) >= 11 is 0. The van der Waals surface area contributed by atoms with Crippen molar-refractivity contribution >= 4 is 11.7 Å². The van der Waals surface area contributed by atoms with Crippen LogP contribution in [0.25, 0.3) is 11.3 Å². The lowest BCUT2D eigenvalue weighted by molar-refractivity contribution is 0.0854. The maximum atomic E-state index is 12.3. The van der Waals surface area contributed by atoms with Gasteiger partial charge in [-0.2, -0.15) is 0 Å². The van der Waals surface area contributed by atoms with E-state index in [0.717, 1.165) is 25.0 Å². The highest BCUT2D eigenvalue weighted by molar-refractivity contribution is 5.96. The van der Waals surface area contributed by atoms with E-state index in [0.29, 0.717) is 12.2 Å². The zero-order valence-corrected chi connectivity index (χ0v) is 12.2. The lowest BCUT2D eigenvalue weighted by Gasteiger charge is -2.11. The van der Waals surface area contributed by atoms with Crippen LogP contribution in [-0.4, -0.2) is 35.1 Å². The van der Waals surface area contributed by atoms with Gasteiger partial charge in [0.2, 0.25) is 0 Å². The third kappa shape index (κ3) is 3.23. The van der Waals surface area contributed by atoms with Gasteiger partial charge in [-0.05, 0) is 12.8 Å². The summed E-state index contributed by atoms with van der Waals surface area (Å²) in [6, 6.07) is 9.56. The third-order valence-corrected chi connectivity index (χ3v) is 3.60. The maximum absolute atomic E-state index is 12.3. The summed E-state index contributed by atoms with van der Waals surface area (Å²) in [6.07, 6.45) is 3.65. The van der Waals surface area contributed by atoms with Gasteiger partial charge in [-0.25, -0.2) is 9.97 Å². The number of amides is 1. The van der Waals surface area contributed by atoms with Gasteiger partial charge in [0.1, 0.15) is 0 Å². The van der Waals surface area contributed by atoms with E-state index in [1.165, 1.54) is 0 Å². The number of nitrogens with two attached hydrogens (primary N) is 1. The van der Waals surface area contributed by atoms with Crippen molar-refractivity contribution in [1.29, 1.82) is 0 Å². The molecule has 22 heavy (non-hydrogen) atoms. The number of anilines is 1. The van der Waals surface area contributed by atoms with Crippen molar-refractivity contribution in [3.63, 3.8) is 0 Å². The Morgan fingerprint density at radius 1 is 1.36 bits per heavy atom. The lowest BCUT2D eigenvalue weighted by atomic mass is 10.1. The Balaban J connectivity index is 1.75. The molecule has 2 aromatic rings. The third-order valence-electron chi connectivity index (χ3n) is 3.60. The summed E-state index contributed by atoms with van der Waals surface area (Å²) in [4.78, 5) is 20.7. The molecule has 0 bridgehead atoms. The van der Waals surface area contributed by atoms with Crippen molar-refractivity contribution in [2.24, 2.45) is 0 Å². The van der Waals surface area contributed by atoms with Crippen molar-refractivity contribution < 1.29 is 9.53 Å². The van der Waals surface area contributed by atoms with E-state index in [4.69, 9.17) is 10.5 Å². The fourth-order valence-corrected chi connectivity index (χ4v) is 2.41. The highest BCUT2D eigenvalue weighted by atomic mass is 16.5. The van der Waals surface area contributed by atoms with E-state index in [1.807, 2.05) is 30.3 Å². The van der Waals surface area contributed by atoms with Crippen LogP contribution in [-0.2, 0) is 4.74 Å². The number of carbonyl (C=O) groups excluding carboxylic acids is 1. The molecule has 0 spiro atoms. The van der Waals surface area contributed by atoms with Crippen molar-refractivity contribution in [1.82, 2.24) is 15.3 Å². The van der Waals surface area contributed by atoms with Crippen LogP contribution < -0.4 is 11.1 Å². The molecule has 6 nitrogen and oxygen atoms in total. The highest BCUT2D eigenvalue weighted by Crippen LogP contribution is 2.18.